The summed E-state index contributed by atoms with van der Waals surface area (Å²) in [7, 11) is 0. The van der Waals surface area contributed by atoms with Crippen LogP contribution in [-0.4, -0.2) is 32.8 Å². The van der Waals surface area contributed by atoms with E-state index in [9.17, 15) is 14.4 Å². The lowest BCUT2D eigenvalue weighted by atomic mass is 10.1. The Kier molecular flexibility index (Phi) is 3.87. The molecule has 0 bridgehead atoms. The van der Waals surface area contributed by atoms with Crippen LogP contribution in [-0.2, 0) is 6.54 Å². The number of hydrogen-bond donors (Lipinski definition) is 1. The van der Waals surface area contributed by atoms with Crippen LogP contribution in [0, 0.1) is 6.92 Å². The van der Waals surface area contributed by atoms with E-state index in [0.29, 0.717) is 30.6 Å². The Morgan fingerprint density at radius 3 is 2.31 bits per heavy atom. The van der Waals surface area contributed by atoms with E-state index in [2.05, 4.69) is 9.55 Å². The van der Waals surface area contributed by atoms with Crippen molar-refractivity contribution in [3.8, 4) is 0 Å². The number of aromatic nitrogens is 2. The second kappa shape index (κ2) is 6.44. The average molecular weight is 385 g/mol. The number of aryl methyl sites for hydroxylation is 2. The molecule has 4 aromatic rings. The fraction of sp³-hybridized carbons (Fsp3) is 0.174. The maximum atomic E-state index is 12.6. The average Bonchev–Trinajstić information content (AvgIpc) is 3.16. The summed E-state index contributed by atoms with van der Waals surface area (Å²) >= 11 is 0. The standard InChI is InChI=1S/C23H19N3O3/c1-14-21-17(9-10-24-14)16-8-7-15(27)13-20(16)25(21)11-4-12-26-22(28)18-5-2-3-6-19(18)23(26)29/h2-3,5-10,13,24H,4,11-12H2,1H3. The van der Waals surface area contributed by atoms with Gasteiger partial charge in [-0.3, -0.25) is 19.3 Å². The predicted octanol–water partition coefficient (Wildman–Crippen LogP) is 3.48. The van der Waals surface area contributed by atoms with Gasteiger partial charge < -0.3 is 9.55 Å². The van der Waals surface area contributed by atoms with Gasteiger partial charge in [0.1, 0.15) is 0 Å². The molecule has 0 radical (unpaired) electrons. The van der Waals surface area contributed by atoms with Gasteiger partial charge >= 0.3 is 0 Å². The minimum absolute atomic E-state index is 0.0384. The summed E-state index contributed by atoms with van der Waals surface area (Å²) in [5.74, 6) is -0.474. The summed E-state index contributed by atoms with van der Waals surface area (Å²) in [5, 5.41) is 2.11. The summed E-state index contributed by atoms with van der Waals surface area (Å²) < 4.78 is 2.11. The second-order valence-electron chi connectivity index (χ2n) is 7.36. The van der Waals surface area contributed by atoms with Gasteiger partial charge in [-0.05, 0) is 43.7 Å². The molecule has 0 fully saturated rings. The fourth-order valence-corrected chi connectivity index (χ4v) is 4.31. The maximum Gasteiger partial charge on any atom is 0.261 e. The van der Waals surface area contributed by atoms with E-state index in [0.717, 1.165) is 27.5 Å². The van der Waals surface area contributed by atoms with Crippen molar-refractivity contribution in [1.29, 1.82) is 0 Å². The van der Waals surface area contributed by atoms with Crippen molar-refractivity contribution in [1.82, 2.24) is 14.5 Å². The minimum atomic E-state index is -0.237. The van der Waals surface area contributed by atoms with Crippen molar-refractivity contribution in [3.05, 3.63) is 81.8 Å². The monoisotopic (exact) mass is 385 g/mol. The van der Waals surface area contributed by atoms with Crippen LogP contribution in [0.2, 0.25) is 0 Å². The number of carbonyl (C=O) groups excluding carboxylic acids is 2. The van der Waals surface area contributed by atoms with Crippen molar-refractivity contribution < 1.29 is 9.59 Å². The summed E-state index contributed by atoms with van der Waals surface area (Å²) in [6.07, 6.45) is 2.49. The highest BCUT2D eigenvalue weighted by molar-refractivity contribution is 6.21. The molecule has 1 aliphatic rings. The number of carbonyl (C=O) groups is 2. The van der Waals surface area contributed by atoms with Crippen LogP contribution in [0.4, 0.5) is 0 Å². The summed E-state index contributed by atoms with van der Waals surface area (Å²) in [6.45, 7) is 2.93. The first-order chi connectivity index (χ1) is 14.1. The normalized spacial score (nSPS) is 13.6. The molecule has 0 unspecified atom stereocenters. The Labute approximate surface area is 166 Å². The quantitative estimate of drug-likeness (QED) is 0.547. The third-order valence-corrected chi connectivity index (χ3v) is 5.62. The van der Waals surface area contributed by atoms with Gasteiger partial charge in [0.25, 0.3) is 11.8 Å². The third-order valence-electron chi connectivity index (χ3n) is 5.62. The highest BCUT2D eigenvalue weighted by atomic mass is 16.2. The van der Waals surface area contributed by atoms with Crippen LogP contribution in [0.3, 0.4) is 0 Å². The van der Waals surface area contributed by atoms with Gasteiger partial charge in [0, 0.05) is 41.8 Å². The van der Waals surface area contributed by atoms with Crippen molar-refractivity contribution in [2.45, 2.75) is 19.9 Å². The zero-order valence-electron chi connectivity index (χ0n) is 15.9. The smallest absolute Gasteiger partial charge is 0.261 e. The van der Waals surface area contributed by atoms with Crippen LogP contribution >= 0.6 is 0 Å². The predicted molar refractivity (Wildman–Crippen MR) is 111 cm³/mol. The first-order valence-corrected chi connectivity index (χ1v) is 9.62. The molecule has 5 rings (SSSR count). The molecule has 1 aliphatic heterocycles. The number of pyridine rings is 1. The van der Waals surface area contributed by atoms with Crippen LogP contribution < -0.4 is 5.43 Å². The Hall–Kier alpha value is -3.67. The summed E-state index contributed by atoms with van der Waals surface area (Å²) in [5.41, 5.74) is 3.81. The van der Waals surface area contributed by atoms with Gasteiger partial charge in [0.15, 0.2) is 5.43 Å². The lowest BCUT2D eigenvalue weighted by Crippen LogP contribution is -2.31. The molecular formula is C23H19N3O3. The first kappa shape index (κ1) is 17.4. The van der Waals surface area contributed by atoms with E-state index < -0.39 is 0 Å². The topological polar surface area (TPSA) is 75.2 Å². The highest BCUT2D eigenvalue weighted by Crippen LogP contribution is 2.30. The lowest BCUT2D eigenvalue weighted by Gasteiger charge is -2.15. The lowest BCUT2D eigenvalue weighted by molar-refractivity contribution is 0.0651. The fourth-order valence-electron chi connectivity index (χ4n) is 4.31. The molecule has 0 aliphatic carbocycles. The molecule has 3 heterocycles. The van der Waals surface area contributed by atoms with Crippen LogP contribution in [0.15, 0.2) is 59.5 Å². The first-order valence-electron chi connectivity index (χ1n) is 9.62. The van der Waals surface area contributed by atoms with E-state index in [4.69, 9.17) is 0 Å². The molecule has 1 N–H and O–H groups in total. The SMILES string of the molecule is Cc1[nH]ccc2c3ccc(=O)cc3n(CCCN3C(=O)c4ccccc4C3=O)c12. The number of nitrogens with zero attached hydrogens (tertiary/aromatic N) is 2. The number of fused-ring (bicyclic) bond motifs is 4. The number of imide groups is 1. The number of hydrogen-bond acceptors (Lipinski definition) is 3. The molecule has 29 heavy (non-hydrogen) atoms. The van der Waals surface area contributed by atoms with Crippen LogP contribution in [0.1, 0.15) is 32.8 Å². The third kappa shape index (κ3) is 2.60. The second-order valence-corrected chi connectivity index (χ2v) is 7.36. The molecule has 6 heteroatoms. The van der Waals surface area contributed by atoms with Crippen molar-refractivity contribution in [3.63, 3.8) is 0 Å². The van der Waals surface area contributed by atoms with E-state index in [1.54, 1.807) is 36.4 Å². The van der Waals surface area contributed by atoms with E-state index >= 15 is 0 Å². The number of H-pyrrole nitrogens is 1. The molecule has 144 valence electrons. The zero-order chi connectivity index (χ0) is 20.1. The molecule has 0 saturated carbocycles. The molecule has 2 amide bonds. The number of nitrogens with one attached hydrogen (secondary N) is 1. The Morgan fingerprint density at radius 1 is 0.862 bits per heavy atom. The van der Waals surface area contributed by atoms with E-state index in [-0.39, 0.29) is 17.2 Å². The molecule has 0 saturated heterocycles. The Morgan fingerprint density at radius 2 is 1.59 bits per heavy atom. The number of amides is 2. The maximum absolute atomic E-state index is 12.6. The van der Waals surface area contributed by atoms with Gasteiger partial charge in [-0.2, -0.15) is 0 Å². The van der Waals surface area contributed by atoms with Gasteiger partial charge in [-0.1, -0.05) is 12.1 Å². The van der Waals surface area contributed by atoms with Gasteiger partial charge in [0.2, 0.25) is 0 Å². The molecule has 0 atom stereocenters. The number of rotatable bonds is 4. The molecule has 2 aromatic heterocycles. The summed E-state index contributed by atoms with van der Waals surface area (Å²) in [4.78, 5) is 41.7. The highest BCUT2D eigenvalue weighted by Gasteiger charge is 2.34. The molecule has 2 aromatic carbocycles. The Balaban J connectivity index is 1.47. The zero-order valence-corrected chi connectivity index (χ0v) is 15.9. The van der Waals surface area contributed by atoms with Crippen molar-refractivity contribution in [2.24, 2.45) is 0 Å². The number of aromatic amines is 1. The van der Waals surface area contributed by atoms with E-state index in [1.165, 1.54) is 4.90 Å². The van der Waals surface area contributed by atoms with Gasteiger partial charge in [0.05, 0.1) is 22.2 Å². The van der Waals surface area contributed by atoms with Crippen LogP contribution in [0.25, 0.3) is 21.8 Å². The van der Waals surface area contributed by atoms with Gasteiger partial charge in [-0.15, -0.1) is 0 Å². The van der Waals surface area contributed by atoms with Gasteiger partial charge in [-0.25, -0.2) is 0 Å². The minimum Gasteiger partial charge on any atom is -0.364 e. The molecule has 6 nitrogen and oxygen atoms in total. The Bertz CT molecular complexity index is 1330. The van der Waals surface area contributed by atoms with Crippen LogP contribution in [0.5, 0.6) is 0 Å². The summed E-state index contributed by atoms with van der Waals surface area (Å²) in [6, 6.07) is 14.0. The number of benzene rings is 2. The van der Waals surface area contributed by atoms with Crippen molar-refractivity contribution in [2.75, 3.05) is 6.54 Å². The largest absolute Gasteiger partial charge is 0.364 e. The van der Waals surface area contributed by atoms with E-state index in [1.807, 2.05) is 25.3 Å². The molecular weight excluding hydrogens is 366 g/mol. The molecule has 0 spiro atoms. The van der Waals surface area contributed by atoms with Crippen molar-refractivity contribution >= 4 is 33.6 Å².